The zero-order chi connectivity index (χ0) is 14.4. The van der Waals surface area contributed by atoms with E-state index in [9.17, 15) is 4.79 Å². The lowest BCUT2D eigenvalue weighted by molar-refractivity contribution is 0.251. The van der Waals surface area contributed by atoms with E-state index in [0.717, 1.165) is 17.7 Å². The minimum Gasteiger partial charge on any atom is -0.508 e. The van der Waals surface area contributed by atoms with Gasteiger partial charge in [-0.2, -0.15) is 4.98 Å². The maximum Gasteiger partial charge on any atom is 0.322 e. The second kappa shape index (κ2) is 6.60. The van der Waals surface area contributed by atoms with Crippen molar-refractivity contribution in [1.29, 1.82) is 0 Å². The van der Waals surface area contributed by atoms with Gasteiger partial charge in [-0.3, -0.25) is 5.32 Å². The Balaban J connectivity index is 1.73. The zero-order valence-corrected chi connectivity index (χ0v) is 11.2. The Bertz CT molecular complexity index is 563. The number of phenols is 1. The first kappa shape index (κ1) is 13.9. The first-order chi connectivity index (χ1) is 9.67. The number of aromatic hydroxyl groups is 1. The molecule has 0 spiro atoms. The van der Waals surface area contributed by atoms with Gasteiger partial charge >= 0.3 is 12.0 Å². The Morgan fingerprint density at radius 1 is 1.35 bits per heavy atom. The summed E-state index contributed by atoms with van der Waals surface area (Å²) < 4.78 is 5.09. The van der Waals surface area contributed by atoms with E-state index in [-0.39, 0.29) is 17.8 Å². The van der Waals surface area contributed by atoms with Gasteiger partial charge in [-0.05, 0) is 30.5 Å². The second-order valence-electron chi connectivity index (χ2n) is 4.29. The fourth-order valence-corrected chi connectivity index (χ4v) is 1.65. The molecule has 2 rings (SSSR count). The Kier molecular flexibility index (Phi) is 4.60. The van der Waals surface area contributed by atoms with Gasteiger partial charge in [-0.1, -0.05) is 19.1 Å². The molecule has 2 amide bonds. The van der Waals surface area contributed by atoms with Gasteiger partial charge < -0.3 is 14.8 Å². The summed E-state index contributed by atoms with van der Waals surface area (Å²) in [5.41, 5.74) is 1.83. The van der Waals surface area contributed by atoms with Gasteiger partial charge in [-0.25, -0.2) is 4.79 Å². The van der Waals surface area contributed by atoms with Crippen molar-refractivity contribution in [2.75, 3.05) is 11.9 Å². The molecule has 0 aliphatic carbocycles. The smallest absolute Gasteiger partial charge is 0.322 e. The number of phenolic OH excluding ortho intramolecular Hbond substituents is 1. The SMILES string of the molecule is CCc1coc(NC(=O)NCCc2ccc(O)cc2)n1. The number of nitrogens with zero attached hydrogens (tertiary/aromatic N) is 1. The van der Waals surface area contributed by atoms with E-state index >= 15 is 0 Å². The van der Waals surface area contributed by atoms with Crippen LogP contribution in [0.2, 0.25) is 0 Å². The molecule has 1 aromatic carbocycles. The molecule has 3 N–H and O–H groups in total. The van der Waals surface area contributed by atoms with Crippen molar-refractivity contribution in [3.05, 3.63) is 41.8 Å². The van der Waals surface area contributed by atoms with Gasteiger partial charge in [0.05, 0.1) is 5.69 Å². The van der Waals surface area contributed by atoms with Gasteiger partial charge in [0.1, 0.15) is 12.0 Å². The lowest BCUT2D eigenvalue weighted by Gasteiger charge is -2.05. The summed E-state index contributed by atoms with van der Waals surface area (Å²) in [6, 6.07) is 6.72. The highest BCUT2D eigenvalue weighted by molar-refractivity contribution is 5.86. The van der Waals surface area contributed by atoms with E-state index in [0.29, 0.717) is 13.0 Å². The molecule has 0 saturated carbocycles. The van der Waals surface area contributed by atoms with Crippen molar-refractivity contribution in [2.24, 2.45) is 0 Å². The van der Waals surface area contributed by atoms with Crippen LogP contribution in [0.5, 0.6) is 5.75 Å². The highest BCUT2D eigenvalue weighted by Crippen LogP contribution is 2.10. The topological polar surface area (TPSA) is 87.4 Å². The normalized spacial score (nSPS) is 10.2. The van der Waals surface area contributed by atoms with Gasteiger partial charge in [0, 0.05) is 6.54 Å². The molecular formula is C14H17N3O3. The maximum absolute atomic E-state index is 11.6. The molecule has 0 aliphatic rings. The summed E-state index contributed by atoms with van der Waals surface area (Å²) >= 11 is 0. The molecule has 106 valence electrons. The third kappa shape index (κ3) is 4.01. The van der Waals surface area contributed by atoms with E-state index in [1.165, 1.54) is 6.26 Å². The highest BCUT2D eigenvalue weighted by Gasteiger charge is 2.06. The van der Waals surface area contributed by atoms with Crippen LogP contribution in [0.1, 0.15) is 18.2 Å². The lowest BCUT2D eigenvalue weighted by Crippen LogP contribution is -2.30. The zero-order valence-electron chi connectivity index (χ0n) is 11.2. The number of carbonyl (C=O) groups is 1. The molecule has 1 aromatic heterocycles. The predicted octanol–water partition coefficient (Wildman–Crippen LogP) is 2.31. The lowest BCUT2D eigenvalue weighted by atomic mass is 10.1. The van der Waals surface area contributed by atoms with Crippen molar-refractivity contribution in [3.63, 3.8) is 0 Å². The number of benzene rings is 1. The Labute approximate surface area is 116 Å². The van der Waals surface area contributed by atoms with Crippen LogP contribution in [0.25, 0.3) is 0 Å². The highest BCUT2D eigenvalue weighted by atomic mass is 16.4. The summed E-state index contributed by atoms with van der Waals surface area (Å²) in [4.78, 5) is 15.7. The summed E-state index contributed by atoms with van der Waals surface area (Å²) in [5, 5.41) is 14.4. The molecule has 0 radical (unpaired) electrons. The molecule has 6 heteroatoms. The van der Waals surface area contributed by atoms with Crippen LogP contribution in [0.4, 0.5) is 10.8 Å². The van der Waals surface area contributed by atoms with Crippen LogP contribution in [-0.4, -0.2) is 22.7 Å². The molecule has 20 heavy (non-hydrogen) atoms. The Morgan fingerprint density at radius 3 is 2.75 bits per heavy atom. The quantitative estimate of drug-likeness (QED) is 0.781. The molecule has 0 saturated heterocycles. The summed E-state index contributed by atoms with van der Waals surface area (Å²) in [6.45, 7) is 2.44. The van der Waals surface area contributed by atoms with Crippen LogP contribution in [0.15, 0.2) is 34.9 Å². The number of urea groups is 1. The number of nitrogens with one attached hydrogen (secondary N) is 2. The fourth-order valence-electron chi connectivity index (χ4n) is 1.65. The number of oxazole rings is 1. The van der Waals surface area contributed by atoms with Gasteiger partial charge in [-0.15, -0.1) is 0 Å². The molecule has 1 heterocycles. The molecule has 0 bridgehead atoms. The number of rotatable bonds is 5. The number of aryl methyl sites for hydroxylation is 1. The van der Waals surface area contributed by atoms with Crippen molar-refractivity contribution in [1.82, 2.24) is 10.3 Å². The number of hydrogen-bond donors (Lipinski definition) is 3. The summed E-state index contributed by atoms with van der Waals surface area (Å²) in [5.74, 6) is 0.232. The molecule has 6 nitrogen and oxygen atoms in total. The first-order valence-electron chi connectivity index (χ1n) is 6.44. The number of hydrogen-bond acceptors (Lipinski definition) is 4. The molecule has 2 aromatic rings. The third-order valence-corrected chi connectivity index (χ3v) is 2.77. The number of carbonyl (C=O) groups excluding carboxylic acids is 1. The predicted molar refractivity (Wildman–Crippen MR) is 74.7 cm³/mol. The monoisotopic (exact) mass is 275 g/mol. The minimum absolute atomic E-state index is 0.198. The largest absolute Gasteiger partial charge is 0.508 e. The molecule has 0 aliphatic heterocycles. The Morgan fingerprint density at radius 2 is 2.10 bits per heavy atom. The first-order valence-corrected chi connectivity index (χ1v) is 6.44. The van der Waals surface area contributed by atoms with E-state index < -0.39 is 0 Å². The third-order valence-electron chi connectivity index (χ3n) is 2.77. The van der Waals surface area contributed by atoms with Gasteiger partial charge in [0.2, 0.25) is 0 Å². The molecular weight excluding hydrogens is 258 g/mol. The average molecular weight is 275 g/mol. The minimum atomic E-state index is -0.353. The average Bonchev–Trinajstić information content (AvgIpc) is 2.88. The number of aromatic nitrogens is 1. The summed E-state index contributed by atoms with van der Waals surface area (Å²) in [7, 11) is 0. The molecule has 0 unspecified atom stereocenters. The van der Waals surface area contributed by atoms with Crippen LogP contribution < -0.4 is 10.6 Å². The van der Waals surface area contributed by atoms with Crippen molar-refractivity contribution in [3.8, 4) is 5.75 Å². The molecule has 0 atom stereocenters. The van der Waals surface area contributed by atoms with Gasteiger partial charge in [0.25, 0.3) is 0 Å². The fraction of sp³-hybridized carbons (Fsp3) is 0.286. The number of anilines is 1. The number of amides is 2. The van der Waals surface area contributed by atoms with Crippen LogP contribution in [0, 0.1) is 0 Å². The Hall–Kier alpha value is -2.50. The standard InChI is InChI=1S/C14H17N3O3/c1-2-11-9-20-14(16-11)17-13(19)15-8-7-10-3-5-12(18)6-4-10/h3-6,9,18H,2,7-8H2,1H3,(H2,15,16,17,19). The van der Waals surface area contributed by atoms with E-state index in [2.05, 4.69) is 15.6 Å². The van der Waals surface area contributed by atoms with Crippen molar-refractivity contribution < 1.29 is 14.3 Å². The summed E-state index contributed by atoms with van der Waals surface area (Å²) in [6.07, 6.45) is 2.96. The van der Waals surface area contributed by atoms with Crippen LogP contribution in [0.3, 0.4) is 0 Å². The van der Waals surface area contributed by atoms with E-state index in [1.54, 1.807) is 12.1 Å². The van der Waals surface area contributed by atoms with Crippen molar-refractivity contribution >= 4 is 12.0 Å². The van der Waals surface area contributed by atoms with E-state index in [4.69, 9.17) is 9.52 Å². The van der Waals surface area contributed by atoms with Crippen molar-refractivity contribution in [2.45, 2.75) is 19.8 Å². The maximum atomic E-state index is 11.6. The van der Waals surface area contributed by atoms with Crippen LogP contribution in [-0.2, 0) is 12.8 Å². The van der Waals surface area contributed by atoms with Gasteiger partial charge in [0.15, 0.2) is 0 Å². The van der Waals surface area contributed by atoms with E-state index in [1.807, 2.05) is 19.1 Å². The van der Waals surface area contributed by atoms with Crippen LogP contribution >= 0.6 is 0 Å². The second-order valence-corrected chi connectivity index (χ2v) is 4.29. The molecule has 0 fully saturated rings.